The predicted molar refractivity (Wildman–Crippen MR) is 81.7 cm³/mol. The second kappa shape index (κ2) is 4.97. The third-order valence-electron chi connectivity index (χ3n) is 4.00. The van der Waals surface area contributed by atoms with Crippen LogP contribution in [-0.4, -0.2) is 16.6 Å². The molecule has 1 heterocycles. The summed E-state index contributed by atoms with van der Waals surface area (Å²) in [6, 6.07) is 4.24. The Kier molecular flexibility index (Phi) is 3.63. The summed E-state index contributed by atoms with van der Waals surface area (Å²) in [5.41, 5.74) is 4.08. The van der Waals surface area contributed by atoms with Gasteiger partial charge in [-0.3, -0.25) is 4.79 Å². The van der Waals surface area contributed by atoms with Gasteiger partial charge in [0.05, 0.1) is 11.1 Å². The summed E-state index contributed by atoms with van der Waals surface area (Å²) in [7, 11) is 0. The van der Waals surface area contributed by atoms with Crippen LogP contribution in [0.4, 0.5) is 0 Å². The Labute approximate surface area is 120 Å². The van der Waals surface area contributed by atoms with E-state index < -0.39 is 5.54 Å². The number of aliphatic hydroxyl groups excluding tert-OH is 1. The molecule has 1 amide bonds. The average Bonchev–Trinajstić information content (AvgIpc) is 2.58. The molecule has 0 aromatic heterocycles. The van der Waals surface area contributed by atoms with Crippen molar-refractivity contribution in [2.75, 3.05) is 0 Å². The second-order valence-corrected chi connectivity index (χ2v) is 5.96. The van der Waals surface area contributed by atoms with E-state index in [0.29, 0.717) is 5.57 Å². The van der Waals surface area contributed by atoms with Gasteiger partial charge in [-0.15, -0.1) is 0 Å². The molecule has 0 bridgehead atoms. The molecule has 108 valence electrons. The van der Waals surface area contributed by atoms with Crippen LogP contribution in [0.3, 0.4) is 0 Å². The van der Waals surface area contributed by atoms with E-state index in [9.17, 15) is 9.90 Å². The summed E-state index contributed by atoms with van der Waals surface area (Å²) in [6.07, 6.45) is 1.81. The van der Waals surface area contributed by atoms with Crippen molar-refractivity contribution in [1.29, 1.82) is 0 Å². The lowest BCUT2D eigenvalue weighted by molar-refractivity contribution is -0.115. The minimum Gasteiger partial charge on any atom is -0.509 e. The summed E-state index contributed by atoms with van der Waals surface area (Å²) >= 11 is 0. The van der Waals surface area contributed by atoms with Gasteiger partial charge in [0.15, 0.2) is 0 Å². The smallest absolute Gasteiger partial charge is 0.256 e. The van der Waals surface area contributed by atoms with Crippen molar-refractivity contribution in [1.82, 2.24) is 5.32 Å². The van der Waals surface area contributed by atoms with E-state index in [1.807, 2.05) is 20.8 Å². The molecule has 3 heteroatoms. The summed E-state index contributed by atoms with van der Waals surface area (Å²) in [4.78, 5) is 12.2. The molecule has 20 heavy (non-hydrogen) atoms. The van der Waals surface area contributed by atoms with Gasteiger partial charge >= 0.3 is 0 Å². The van der Waals surface area contributed by atoms with Crippen LogP contribution in [0, 0.1) is 6.92 Å². The number of hydrogen-bond donors (Lipinski definition) is 2. The number of carbonyl (C=O) groups is 1. The quantitative estimate of drug-likeness (QED) is 0.887. The Morgan fingerprint density at radius 3 is 2.30 bits per heavy atom. The van der Waals surface area contributed by atoms with E-state index in [-0.39, 0.29) is 11.7 Å². The zero-order valence-corrected chi connectivity index (χ0v) is 12.9. The van der Waals surface area contributed by atoms with Crippen molar-refractivity contribution in [3.05, 3.63) is 40.1 Å². The molecule has 0 saturated heterocycles. The SMILES string of the molecule is CCc1cc(C)c(C2=C(O)C(C)(C)NC2=O)c(CC)c1. The number of carbonyl (C=O) groups excluding carboxylic acids is 1. The van der Waals surface area contributed by atoms with Gasteiger partial charge in [0.2, 0.25) is 0 Å². The Bertz CT molecular complexity index is 597. The highest BCUT2D eigenvalue weighted by Crippen LogP contribution is 2.35. The van der Waals surface area contributed by atoms with Crippen molar-refractivity contribution >= 4 is 11.5 Å². The predicted octanol–water partition coefficient (Wildman–Crippen LogP) is 3.30. The molecule has 0 radical (unpaired) electrons. The molecule has 1 aliphatic heterocycles. The first-order valence-electron chi connectivity index (χ1n) is 7.20. The van der Waals surface area contributed by atoms with Gasteiger partial charge in [0.1, 0.15) is 5.76 Å². The van der Waals surface area contributed by atoms with Crippen molar-refractivity contribution in [3.8, 4) is 0 Å². The van der Waals surface area contributed by atoms with Crippen LogP contribution in [0.5, 0.6) is 0 Å². The normalized spacial score (nSPS) is 17.6. The molecule has 2 N–H and O–H groups in total. The summed E-state index contributed by atoms with van der Waals surface area (Å²) in [5, 5.41) is 13.2. The topological polar surface area (TPSA) is 49.3 Å². The molecule has 0 spiro atoms. The van der Waals surface area contributed by atoms with Gasteiger partial charge in [0, 0.05) is 0 Å². The monoisotopic (exact) mass is 273 g/mol. The molecule has 2 rings (SSSR count). The molecular weight excluding hydrogens is 250 g/mol. The Hall–Kier alpha value is -1.77. The molecule has 0 saturated carbocycles. The van der Waals surface area contributed by atoms with Gasteiger partial charge in [-0.1, -0.05) is 26.0 Å². The van der Waals surface area contributed by atoms with Crippen LogP contribution in [-0.2, 0) is 17.6 Å². The van der Waals surface area contributed by atoms with Crippen molar-refractivity contribution < 1.29 is 9.90 Å². The van der Waals surface area contributed by atoms with Gasteiger partial charge in [0.25, 0.3) is 5.91 Å². The molecule has 0 fully saturated rings. The number of hydrogen-bond acceptors (Lipinski definition) is 2. The zero-order valence-electron chi connectivity index (χ0n) is 12.9. The van der Waals surface area contributed by atoms with E-state index in [1.165, 1.54) is 5.56 Å². The van der Waals surface area contributed by atoms with Crippen molar-refractivity contribution in [2.24, 2.45) is 0 Å². The van der Waals surface area contributed by atoms with Crippen LogP contribution in [0.2, 0.25) is 0 Å². The maximum atomic E-state index is 12.2. The maximum Gasteiger partial charge on any atom is 0.256 e. The highest BCUT2D eigenvalue weighted by Gasteiger charge is 2.39. The Balaban J connectivity index is 2.70. The number of rotatable bonds is 3. The van der Waals surface area contributed by atoms with Crippen LogP contribution >= 0.6 is 0 Å². The summed E-state index contributed by atoms with van der Waals surface area (Å²) < 4.78 is 0. The first-order chi connectivity index (χ1) is 9.31. The Morgan fingerprint density at radius 2 is 1.85 bits per heavy atom. The summed E-state index contributed by atoms with van der Waals surface area (Å²) in [6.45, 7) is 9.83. The standard InChI is InChI=1S/C17H23NO2/c1-6-11-8-10(3)13(12(7-2)9-11)14-15(19)17(4,5)18-16(14)20/h8-9,19H,6-7H2,1-5H3,(H,18,20). The van der Waals surface area contributed by atoms with E-state index in [0.717, 1.165) is 29.5 Å². The third-order valence-corrected chi connectivity index (χ3v) is 4.00. The van der Waals surface area contributed by atoms with Gasteiger partial charge in [-0.2, -0.15) is 0 Å². The number of aliphatic hydroxyl groups is 1. The van der Waals surface area contributed by atoms with Crippen LogP contribution in [0.15, 0.2) is 17.9 Å². The van der Waals surface area contributed by atoms with E-state index in [2.05, 4.69) is 31.3 Å². The molecular formula is C17H23NO2. The number of aryl methyl sites for hydroxylation is 3. The highest BCUT2D eigenvalue weighted by molar-refractivity contribution is 6.23. The van der Waals surface area contributed by atoms with Crippen LogP contribution in [0.1, 0.15) is 49.9 Å². The molecule has 0 atom stereocenters. The minimum atomic E-state index is -0.687. The lowest BCUT2D eigenvalue weighted by Crippen LogP contribution is -2.38. The first kappa shape index (κ1) is 14.6. The van der Waals surface area contributed by atoms with E-state index in [1.54, 1.807) is 0 Å². The fraction of sp³-hybridized carbons (Fsp3) is 0.471. The van der Waals surface area contributed by atoms with Gasteiger partial charge in [-0.25, -0.2) is 0 Å². The maximum absolute atomic E-state index is 12.2. The molecule has 3 nitrogen and oxygen atoms in total. The molecule has 1 aliphatic rings. The lowest BCUT2D eigenvalue weighted by atomic mass is 9.89. The van der Waals surface area contributed by atoms with Crippen molar-refractivity contribution in [2.45, 2.75) is 53.0 Å². The lowest BCUT2D eigenvalue weighted by Gasteiger charge is -2.18. The molecule has 0 unspecified atom stereocenters. The average molecular weight is 273 g/mol. The first-order valence-corrected chi connectivity index (χ1v) is 7.20. The highest BCUT2D eigenvalue weighted by atomic mass is 16.3. The van der Waals surface area contributed by atoms with Crippen LogP contribution in [0.25, 0.3) is 5.57 Å². The zero-order chi connectivity index (χ0) is 15.1. The van der Waals surface area contributed by atoms with Crippen molar-refractivity contribution in [3.63, 3.8) is 0 Å². The second-order valence-electron chi connectivity index (χ2n) is 5.96. The number of amides is 1. The Morgan fingerprint density at radius 1 is 1.20 bits per heavy atom. The molecule has 1 aromatic carbocycles. The number of benzene rings is 1. The van der Waals surface area contributed by atoms with E-state index >= 15 is 0 Å². The number of nitrogens with one attached hydrogen (secondary N) is 1. The summed E-state index contributed by atoms with van der Waals surface area (Å²) in [5.74, 6) is -0.0425. The van der Waals surface area contributed by atoms with Gasteiger partial charge in [-0.05, 0) is 55.9 Å². The van der Waals surface area contributed by atoms with Gasteiger partial charge < -0.3 is 10.4 Å². The minimum absolute atomic E-state index is 0.143. The third kappa shape index (κ3) is 2.21. The fourth-order valence-electron chi connectivity index (χ4n) is 2.84. The largest absolute Gasteiger partial charge is 0.509 e. The fourth-order valence-corrected chi connectivity index (χ4v) is 2.84. The molecule has 0 aliphatic carbocycles. The van der Waals surface area contributed by atoms with Crippen LogP contribution < -0.4 is 5.32 Å². The molecule has 1 aromatic rings. The van der Waals surface area contributed by atoms with E-state index in [4.69, 9.17) is 0 Å².